The summed E-state index contributed by atoms with van der Waals surface area (Å²) in [6, 6.07) is 11.7. The number of carboxylic acids is 1. The van der Waals surface area contributed by atoms with Crippen LogP contribution in [-0.2, 0) is 4.79 Å². The summed E-state index contributed by atoms with van der Waals surface area (Å²) < 4.78 is 2.89. The first-order valence-electron chi connectivity index (χ1n) is 6.71. The fourth-order valence-electron chi connectivity index (χ4n) is 2.35. The average molecular weight is 357 g/mol. The molecule has 1 N–H and O–H groups in total. The van der Waals surface area contributed by atoms with Gasteiger partial charge in [-0.3, -0.25) is 4.40 Å². The van der Waals surface area contributed by atoms with Crippen molar-refractivity contribution in [1.29, 1.82) is 0 Å². The van der Waals surface area contributed by atoms with Crippen molar-refractivity contribution in [2.24, 2.45) is 0 Å². The van der Waals surface area contributed by atoms with Crippen LogP contribution in [0.5, 0.6) is 0 Å². The molecule has 0 saturated heterocycles. The quantitative estimate of drug-likeness (QED) is 0.716. The fourth-order valence-corrected chi connectivity index (χ4v) is 2.62. The van der Waals surface area contributed by atoms with Crippen molar-refractivity contribution in [2.75, 3.05) is 0 Å². The van der Waals surface area contributed by atoms with E-state index in [0.717, 1.165) is 38.7 Å². The van der Waals surface area contributed by atoms with Crippen molar-refractivity contribution >= 4 is 33.6 Å². The molecule has 110 valence electrons. The summed E-state index contributed by atoms with van der Waals surface area (Å²) in [6.45, 7) is 1.98. The van der Waals surface area contributed by atoms with Gasteiger partial charge >= 0.3 is 5.97 Å². The molecule has 0 saturated carbocycles. The smallest absolute Gasteiger partial charge is 0.328 e. The third-order valence-electron chi connectivity index (χ3n) is 3.38. The monoisotopic (exact) mass is 356 g/mol. The predicted octanol–water partition coefficient (Wildman–Crippen LogP) is 4.17. The van der Waals surface area contributed by atoms with Crippen LogP contribution in [0.3, 0.4) is 0 Å². The first kappa shape index (κ1) is 14.5. The van der Waals surface area contributed by atoms with Gasteiger partial charge in [0.2, 0.25) is 0 Å². The Morgan fingerprint density at radius 2 is 2.00 bits per heavy atom. The first-order valence-corrected chi connectivity index (χ1v) is 7.50. The van der Waals surface area contributed by atoms with Gasteiger partial charge in [-0.15, -0.1) is 0 Å². The average Bonchev–Trinajstić information content (AvgIpc) is 2.86. The van der Waals surface area contributed by atoms with Crippen molar-refractivity contribution in [1.82, 2.24) is 9.38 Å². The second kappa shape index (κ2) is 5.77. The molecule has 22 heavy (non-hydrogen) atoms. The Morgan fingerprint density at radius 3 is 2.68 bits per heavy atom. The van der Waals surface area contributed by atoms with E-state index in [1.54, 1.807) is 6.08 Å². The van der Waals surface area contributed by atoms with Crippen LogP contribution in [0.15, 0.2) is 53.1 Å². The van der Waals surface area contributed by atoms with Crippen molar-refractivity contribution in [3.05, 3.63) is 64.4 Å². The lowest BCUT2D eigenvalue weighted by atomic mass is 10.1. The molecule has 5 heteroatoms. The Hall–Kier alpha value is -2.40. The van der Waals surface area contributed by atoms with E-state index in [4.69, 9.17) is 10.1 Å². The summed E-state index contributed by atoms with van der Waals surface area (Å²) in [6.07, 6.45) is 4.60. The number of carboxylic acid groups (broad SMARTS) is 1. The van der Waals surface area contributed by atoms with Crippen LogP contribution in [0, 0.1) is 6.92 Å². The molecule has 4 nitrogen and oxygen atoms in total. The van der Waals surface area contributed by atoms with E-state index in [9.17, 15) is 4.79 Å². The highest BCUT2D eigenvalue weighted by Crippen LogP contribution is 2.27. The van der Waals surface area contributed by atoms with Gasteiger partial charge in [-0.25, -0.2) is 9.78 Å². The summed E-state index contributed by atoms with van der Waals surface area (Å²) >= 11 is 3.42. The number of fused-ring (bicyclic) bond motifs is 1. The van der Waals surface area contributed by atoms with Crippen molar-refractivity contribution in [3.8, 4) is 11.3 Å². The van der Waals surface area contributed by atoms with Crippen LogP contribution in [0.2, 0.25) is 0 Å². The Labute approximate surface area is 135 Å². The van der Waals surface area contributed by atoms with Crippen molar-refractivity contribution in [2.45, 2.75) is 6.92 Å². The van der Waals surface area contributed by atoms with E-state index in [0.29, 0.717) is 0 Å². The zero-order valence-electron chi connectivity index (χ0n) is 11.8. The number of hydrogen-bond acceptors (Lipinski definition) is 2. The summed E-state index contributed by atoms with van der Waals surface area (Å²) in [7, 11) is 0. The van der Waals surface area contributed by atoms with Crippen LogP contribution in [-0.4, -0.2) is 20.5 Å². The lowest BCUT2D eigenvalue weighted by Crippen LogP contribution is -1.91. The van der Waals surface area contributed by atoms with Crippen molar-refractivity contribution in [3.63, 3.8) is 0 Å². The second-order valence-corrected chi connectivity index (χ2v) is 5.82. The van der Waals surface area contributed by atoms with Crippen LogP contribution < -0.4 is 0 Å². The number of nitrogens with zero attached hydrogens (tertiary/aromatic N) is 2. The number of benzene rings is 1. The van der Waals surface area contributed by atoms with Gasteiger partial charge in [0.15, 0.2) is 0 Å². The minimum atomic E-state index is -0.982. The molecule has 0 fully saturated rings. The number of aryl methyl sites for hydroxylation is 1. The molecule has 2 heterocycles. The predicted molar refractivity (Wildman–Crippen MR) is 89.7 cm³/mol. The number of pyridine rings is 1. The molecular weight excluding hydrogens is 344 g/mol. The van der Waals surface area contributed by atoms with E-state index >= 15 is 0 Å². The molecule has 3 aromatic rings. The number of halogens is 1. The van der Waals surface area contributed by atoms with E-state index in [1.807, 2.05) is 53.9 Å². The minimum absolute atomic E-state index is 0.753. The summed E-state index contributed by atoms with van der Waals surface area (Å²) in [5, 5.41) is 8.91. The molecule has 0 aliphatic rings. The van der Waals surface area contributed by atoms with Gasteiger partial charge in [0, 0.05) is 22.3 Å². The van der Waals surface area contributed by atoms with E-state index in [-0.39, 0.29) is 0 Å². The fraction of sp³-hybridized carbons (Fsp3) is 0.0588. The molecule has 1 aromatic carbocycles. The lowest BCUT2D eigenvalue weighted by molar-refractivity contribution is -0.131. The Morgan fingerprint density at radius 1 is 1.27 bits per heavy atom. The maximum absolute atomic E-state index is 10.9. The standard InChI is InChI=1S/C17H13BrN2O2/c1-11-3-2-10-20-14(8-9-15(21)22)16(19-17(11)20)12-4-6-13(18)7-5-12/h2-10H,1H3,(H,21,22). The van der Waals surface area contributed by atoms with Crippen LogP contribution >= 0.6 is 15.9 Å². The lowest BCUT2D eigenvalue weighted by Gasteiger charge is -2.01. The van der Waals surface area contributed by atoms with Gasteiger partial charge in [0.05, 0.1) is 11.4 Å². The molecule has 3 rings (SSSR count). The van der Waals surface area contributed by atoms with E-state index < -0.39 is 5.97 Å². The molecule has 2 aromatic heterocycles. The van der Waals surface area contributed by atoms with Crippen LogP contribution in [0.1, 0.15) is 11.3 Å². The minimum Gasteiger partial charge on any atom is -0.478 e. The summed E-state index contributed by atoms with van der Waals surface area (Å²) in [4.78, 5) is 15.6. The molecule has 0 radical (unpaired) electrons. The third kappa shape index (κ3) is 2.67. The summed E-state index contributed by atoms with van der Waals surface area (Å²) in [5.74, 6) is -0.982. The molecule has 0 aliphatic carbocycles. The highest BCUT2D eigenvalue weighted by Gasteiger charge is 2.13. The van der Waals surface area contributed by atoms with Gasteiger partial charge in [-0.2, -0.15) is 0 Å². The van der Waals surface area contributed by atoms with Crippen LogP contribution in [0.4, 0.5) is 0 Å². The molecule has 0 bridgehead atoms. The zero-order valence-corrected chi connectivity index (χ0v) is 13.4. The maximum atomic E-state index is 10.9. The maximum Gasteiger partial charge on any atom is 0.328 e. The SMILES string of the molecule is Cc1cccn2c(C=CC(=O)O)c(-c3ccc(Br)cc3)nc12. The molecule has 0 spiro atoms. The molecular formula is C17H13BrN2O2. The van der Waals surface area contributed by atoms with Gasteiger partial charge in [-0.05, 0) is 36.8 Å². The topological polar surface area (TPSA) is 54.6 Å². The molecule has 0 unspecified atom stereocenters. The highest BCUT2D eigenvalue weighted by atomic mass is 79.9. The van der Waals surface area contributed by atoms with Gasteiger partial charge in [-0.1, -0.05) is 34.1 Å². The summed E-state index contributed by atoms with van der Waals surface area (Å²) in [5.41, 5.74) is 4.32. The molecule has 0 aliphatic heterocycles. The number of imidazole rings is 1. The van der Waals surface area contributed by atoms with Crippen molar-refractivity contribution < 1.29 is 9.90 Å². The van der Waals surface area contributed by atoms with E-state index in [2.05, 4.69) is 15.9 Å². The van der Waals surface area contributed by atoms with Crippen LogP contribution in [0.25, 0.3) is 23.0 Å². The number of carbonyl (C=O) groups is 1. The highest BCUT2D eigenvalue weighted by molar-refractivity contribution is 9.10. The second-order valence-electron chi connectivity index (χ2n) is 4.91. The Bertz CT molecular complexity index is 880. The molecule has 0 amide bonds. The first-order chi connectivity index (χ1) is 10.6. The van der Waals surface area contributed by atoms with E-state index in [1.165, 1.54) is 0 Å². The third-order valence-corrected chi connectivity index (χ3v) is 3.91. The zero-order chi connectivity index (χ0) is 15.7. The van der Waals surface area contributed by atoms with Gasteiger partial charge in [0.1, 0.15) is 5.65 Å². The van der Waals surface area contributed by atoms with Gasteiger partial charge in [0.25, 0.3) is 0 Å². The number of aliphatic carboxylic acids is 1. The number of rotatable bonds is 3. The Kier molecular flexibility index (Phi) is 3.81. The normalized spacial score (nSPS) is 11.4. The largest absolute Gasteiger partial charge is 0.478 e. The van der Waals surface area contributed by atoms with Gasteiger partial charge < -0.3 is 5.11 Å². The number of hydrogen-bond donors (Lipinski definition) is 1. The molecule has 0 atom stereocenters. The number of aromatic nitrogens is 2. The Balaban J connectivity index is 2.28.